The van der Waals surface area contributed by atoms with E-state index in [4.69, 9.17) is 4.74 Å². The Bertz CT molecular complexity index is 689. The average molecular weight is 342 g/mol. The summed E-state index contributed by atoms with van der Waals surface area (Å²) in [7, 11) is 1.52. The number of nitrogens with one attached hydrogen (secondary N) is 2. The van der Waals surface area contributed by atoms with Gasteiger partial charge in [-0.25, -0.2) is 14.8 Å². The Hall–Kier alpha value is -2.90. The fourth-order valence-corrected chi connectivity index (χ4v) is 2.87. The standard InChI is InChI=1S/C17H22N6O2/c1-25-16-10-15(20-12-21-16)22-17(24)19-11-13-4-8-23(9-5-13)14-2-6-18-7-3-14/h2-3,6-7,10,12-13H,4-5,8-9,11H2,1H3,(H2,19,20,21,22,24). The molecule has 8 heteroatoms. The maximum Gasteiger partial charge on any atom is 0.320 e. The van der Waals surface area contributed by atoms with Crippen LogP contribution in [-0.2, 0) is 0 Å². The summed E-state index contributed by atoms with van der Waals surface area (Å²) in [6.07, 6.45) is 7.07. The van der Waals surface area contributed by atoms with Crippen molar-refractivity contribution < 1.29 is 9.53 Å². The second kappa shape index (κ2) is 8.27. The van der Waals surface area contributed by atoms with Crippen LogP contribution in [0.3, 0.4) is 0 Å². The molecule has 0 spiro atoms. The highest BCUT2D eigenvalue weighted by Crippen LogP contribution is 2.22. The van der Waals surface area contributed by atoms with Gasteiger partial charge in [-0.1, -0.05) is 0 Å². The molecule has 0 aliphatic carbocycles. The lowest BCUT2D eigenvalue weighted by molar-refractivity contribution is 0.248. The van der Waals surface area contributed by atoms with E-state index in [-0.39, 0.29) is 6.03 Å². The van der Waals surface area contributed by atoms with Gasteiger partial charge in [0.25, 0.3) is 0 Å². The minimum atomic E-state index is -0.266. The Kier molecular flexibility index (Phi) is 5.61. The first kappa shape index (κ1) is 16.9. The highest BCUT2D eigenvalue weighted by Gasteiger charge is 2.20. The molecular formula is C17H22N6O2. The fourth-order valence-electron chi connectivity index (χ4n) is 2.87. The monoisotopic (exact) mass is 342 g/mol. The Balaban J connectivity index is 1.41. The van der Waals surface area contributed by atoms with Gasteiger partial charge in [-0.3, -0.25) is 10.3 Å². The molecule has 8 nitrogen and oxygen atoms in total. The molecule has 1 aliphatic rings. The Morgan fingerprint density at radius 2 is 2.04 bits per heavy atom. The molecule has 0 unspecified atom stereocenters. The molecule has 0 saturated carbocycles. The summed E-state index contributed by atoms with van der Waals surface area (Å²) in [5.74, 6) is 1.30. The van der Waals surface area contributed by atoms with Gasteiger partial charge in [0.15, 0.2) is 0 Å². The van der Waals surface area contributed by atoms with Crippen molar-refractivity contribution in [2.45, 2.75) is 12.8 Å². The number of methoxy groups -OCH3 is 1. The molecule has 132 valence electrons. The number of ether oxygens (including phenoxy) is 1. The van der Waals surface area contributed by atoms with Gasteiger partial charge in [-0.05, 0) is 30.9 Å². The van der Waals surface area contributed by atoms with E-state index in [9.17, 15) is 4.79 Å². The van der Waals surface area contributed by atoms with E-state index in [0.29, 0.717) is 24.2 Å². The third-order valence-corrected chi connectivity index (χ3v) is 4.29. The third kappa shape index (κ3) is 4.79. The number of carbonyl (C=O) groups excluding carboxylic acids is 1. The number of pyridine rings is 1. The number of anilines is 2. The second-order valence-corrected chi connectivity index (χ2v) is 5.92. The molecule has 1 saturated heterocycles. The van der Waals surface area contributed by atoms with Crippen LogP contribution < -0.4 is 20.3 Å². The third-order valence-electron chi connectivity index (χ3n) is 4.29. The number of aromatic nitrogens is 3. The van der Waals surface area contributed by atoms with Crippen LogP contribution >= 0.6 is 0 Å². The fraction of sp³-hybridized carbons (Fsp3) is 0.412. The van der Waals surface area contributed by atoms with Crippen LogP contribution in [0.15, 0.2) is 36.9 Å². The average Bonchev–Trinajstić information content (AvgIpc) is 2.67. The van der Waals surface area contributed by atoms with Gasteiger partial charge in [0.05, 0.1) is 7.11 Å². The van der Waals surface area contributed by atoms with E-state index in [0.717, 1.165) is 25.9 Å². The SMILES string of the molecule is COc1cc(NC(=O)NCC2CCN(c3ccncc3)CC2)ncn1. The van der Waals surface area contributed by atoms with E-state index in [1.807, 2.05) is 24.5 Å². The quantitative estimate of drug-likeness (QED) is 0.862. The molecule has 3 heterocycles. The van der Waals surface area contributed by atoms with Crippen LogP contribution in [0.2, 0.25) is 0 Å². The van der Waals surface area contributed by atoms with Crippen molar-refractivity contribution in [3.05, 3.63) is 36.9 Å². The van der Waals surface area contributed by atoms with E-state index in [1.54, 1.807) is 6.07 Å². The zero-order valence-electron chi connectivity index (χ0n) is 14.2. The number of amides is 2. The van der Waals surface area contributed by atoms with Crippen LogP contribution in [0.4, 0.5) is 16.3 Å². The lowest BCUT2D eigenvalue weighted by Gasteiger charge is -2.33. The van der Waals surface area contributed by atoms with Crippen molar-refractivity contribution in [2.24, 2.45) is 5.92 Å². The lowest BCUT2D eigenvalue weighted by atomic mass is 9.96. The Morgan fingerprint density at radius 1 is 1.28 bits per heavy atom. The predicted molar refractivity (Wildman–Crippen MR) is 94.8 cm³/mol. The van der Waals surface area contributed by atoms with Crippen LogP contribution in [-0.4, -0.2) is 47.7 Å². The van der Waals surface area contributed by atoms with Crippen LogP contribution in [0.5, 0.6) is 5.88 Å². The number of nitrogens with zero attached hydrogens (tertiary/aromatic N) is 4. The minimum Gasteiger partial charge on any atom is -0.481 e. The first-order valence-electron chi connectivity index (χ1n) is 8.30. The van der Waals surface area contributed by atoms with E-state index in [2.05, 4.69) is 30.5 Å². The van der Waals surface area contributed by atoms with E-state index in [1.165, 1.54) is 19.1 Å². The maximum absolute atomic E-state index is 12.0. The summed E-state index contributed by atoms with van der Waals surface area (Å²) in [5, 5.41) is 5.61. The van der Waals surface area contributed by atoms with Gasteiger partial charge in [0.1, 0.15) is 12.1 Å². The normalized spacial score (nSPS) is 14.8. The van der Waals surface area contributed by atoms with Crippen molar-refractivity contribution in [1.29, 1.82) is 0 Å². The molecule has 1 fully saturated rings. The molecule has 2 N–H and O–H groups in total. The molecule has 0 radical (unpaired) electrons. The molecule has 2 aromatic rings. The van der Waals surface area contributed by atoms with Crippen molar-refractivity contribution >= 4 is 17.5 Å². The molecule has 2 amide bonds. The predicted octanol–water partition coefficient (Wildman–Crippen LogP) is 1.92. The number of carbonyl (C=O) groups is 1. The molecule has 25 heavy (non-hydrogen) atoms. The lowest BCUT2D eigenvalue weighted by Crippen LogP contribution is -2.39. The molecule has 0 bridgehead atoms. The number of piperidine rings is 1. The van der Waals surface area contributed by atoms with Crippen LogP contribution in [0.1, 0.15) is 12.8 Å². The van der Waals surface area contributed by atoms with Gasteiger partial charge in [0.2, 0.25) is 5.88 Å². The van der Waals surface area contributed by atoms with Crippen LogP contribution in [0, 0.1) is 5.92 Å². The Labute approximate surface area is 146 Å². The largest absolute Gasteiger partial charge is 0.481 e. The van der Waals surface area contributed by atoms with Crippen molar-refractivity contribution in [3.63, 3.8) is 0 Å². The van der Waals surface area contributed by atoms with Gasteiger partial charge in [0, 0.05) is 43.8 Å². The summed E-state index contributed by atoms with van der Waals surface area (Å²) in [6, 6.07) is 5.37. The van der Waals surface area contributed by atoms with Gasteiger partial charge in [-0.15, -0.1) is 0 Å². The molecule has 0 atom stereocenters. The highest BCUT2D eigenvalue weighted by molar-refractivity contribution is 5.88. The van der Waals surface area contributed by atoms with Crippen molar-refractivity contribution in [1.82, 2.24) is 20.3 Å². The first-order chi connectivity index (χ1) is 12.2. The van der Waals surface area contributed by atoms with Gasteiger partial charge in [-0.2, -0.15) is 0 Å². The van der Waals surface area contributed by atoms with Crippen molar-refractivity contribution in [2.75, 3.05) is 37.0 Å². The van der Waals surface area contributed by atoms with E-state index >= 15 is 0 Å². The molecular weight excluding hydrogens is 320 g/mol. The summed E-state index contributed by atoms with van der Waals surface area (Å²) in [5.41, 5.74) is 1.21. The maximum atomic E-state index is 12.0. The van der Waals surface area contributed by atoms with Gasteiger partial charge < -0.3 is 15.0 Å². The number of hydrogen-bond acceptors (Lipinski definition) is 6. The van der Waals surface area contributed by atoms with E-state index < -0.39 is 0 Å². The molecule has 2 aromatic heterocycles. The van der Waals surface area contributed by atoms with Crippen LogP contribution in [0.25, 0.3) is 0 Å². The summed E-state index contributed by atoms with van der Waals surface area (Å²) in [4.78, 5) is 26.3. The number of hydrogen-bond donors (Lipinski definition) is 2. The second-order valence-electron chi connectivity index (χ2n) is 5.92. The zero-order valence-corrected chi connectivity index (χ0v) is 14.2. The smallest absolute Gasteiger partial charge is 0.320 e. The molecule has 1 aliphatic heterocycles. The summed E-state index contributed by atoms with van der Waals surface area (Å²) < 4.78 is 5.01. The first-order valence-corrected chi connectivity index (χ1v) is 8.30. The zero-order chi connectivity index (χ0) is 17.5. The van der Waals surface area contributed by atoms with Crippen molar-refractivity contribution in [3.8, 4) is 5.88 Å². The number of rotatable bonds is 5. The minimum absolute atomic E-state index is 0.266. The summed E-state index contributed by atoms with van der Waals surface area (Å²) >= 11 is 0. The molecule has 0 aromatic carbocycles. The topological polar surface area (TPSA) is 92.3 Å². The molecule has 3 rings (SSSR count). The highest BCUT2D eigenvalue weighted by atomic mass is 16.5. The Morgan fingerprint density at radius 3 is 2.76 bits per heavy atom. The number of urea groups is 1. The van der Waals surface area contributed by atoms with Gasteiger partial charge >= 0.3 is 6.03 Å². The summed E-state index contributed by atoms with van der Waals surface area (Å²) in [6.45, 7) is 2.63.